The Balaban J connectivity index is 1.45. The number of anilines is 1. The number of carbonyl (C=O) groups is 1. The van der Waals surface area contributed by atoms with Crippen LogP contribution in [0, 0.1) is 0 Å². The van der Waals surface area contributed by atoms with Crippen LogP contribution in [0.3, 0.4) is 0 Å². The van der Waals surface area contributed by atoms with E-state index in [-0.39, 0.29) is 6.09 Å². The smallest absolute Gasteiger partial charge is 0.410 e. The number of halogens is 1. The lowest BCUT2D eigenvalue weighted by atomic mass is 10.1. The van der Waals surface area contributed by atoms with Gasteiger partial charge in [0, 0.05) is 75.1 Å². The van der Waals surface area contributed by atoms with Gasteiger partial charge >= 0.3 is 6.09 Å². The fourth-order valence-electron chi connectivity index (χ4n) is 4.29. The van der Waals surface area contributed by atoms with Crippen LogP contribution in [-0.2, 0) is 4.74 Å². The molecule has 30 heavy (non-hydrogen) atoms. The van der Waals surface area contributed by atoms with Crippen molar-refractivity contribution in [1.82, 2.24) is 19.7 Å². The summed E-state index contributed by atoms with van der Waals surface area (Å²) >= 11 is 3.55. The standard InChI is InChI=1S/C22H36BrN5O2/c1-17-15-27(20-14-19(23)6-7-24-20)16-18(2)28(17)13-10-25-8-11-26(12-9-25)21(29)30-22(3,4)5/h6-7,14,17-18H,8-13,15-16H2,1-5H3. The van der Waals surface area contributed by atoms with E-state index in [1.165, 1.54) is 0 Å². The Hall–Kier alpha value is -1.38. The highest BCUT2D eigenvalue weighted by Crippen LogP contribution is 2.23. The molecule has 0 bridgehead atoms. The van der Waals surface area contributed by atoms with Crippen LogP contribution in [0.25, 0.3) is 0 Å². The van der Waals surface area contributed by atoms with Crippen molar-refractivity contribution in [2.45, 2.75) is 52.3 Å². The number of rotatable bonds is 4. The summed E-state index contributed by atoms with van der Waals surface area (Å²) in [6.45, 7) is 17.7. The fourth-order valence-corrected chi connectivity index (χ4v) is 4.61. The summed E-state index contributed by atoms with van der Waals surface area (Å²) < 4.78 is 6.57. The Kier molecular flexibility index (Phi) is 7.63. The molecule has 7 nitrogen and oxygen atoms in total. The Labute approximate surface area is 189 Å². The quantitative estimate of drug-likeness (QED) is 0.657. The first-order chi connectivity index (χ1) is 14.1. The SMILES string of the molecule is CC1CN(c2cc(Br)ccn2)CC(C)N1CCN1CCN(C(=O)OC(C)(C)C)CC1. The van der Waals surface area contributed by atoms with E-state index in [0.29, 0.717) is 12.1 Å². The molecule has 8 heteroatoms. The minimum atomic E-state index is -0.437. The van der Waals surface area contributed by atoms with Crippen LogP contribution in [0.1, 0.15) is 34.6 Å². The highest BCUT2D eigenvalue weighted by atomic mass is 79.9. The monoisotopic (exact) mass is 481 g/mol. The second-order valence-corrected chi connectivity index (χ2v) is 10.4. The van der Waals surface area contributed by atoms with Crippen LogP contribution in [0.2, 0.25) is 0 Å². The fraction of sp³-hybridized carbons (Fsp3) is 0.727. The van der Waals surface area contributed by atoms with Crippen molar-refractivity contribution >= 4 is 27.8 Å². The number of piperazine rings is 2. The number of amides is 1. The maximum atomic E-state index is 12.2. The van der Waals surface area contributed by atoms with Crippen LogP contribution in [-0.4, -0.2) is 95.8 Å². The maximum Gasteiger partial charge on any atom is 0.410 e. The first-order valence-corrected chi connectivity index (χ1v) is 11.7. The van der Waals surface area contributed by atoms with Gasteiger partial charge in [0.15, 0.2) is 0 Å². The van der Waals surface area contributed by atoms with E-state index in [0.717, 1.165) is 62.6 Å². The summed E-state index contributed by atoms with van der Waals surface area (Å²) in [5.74, 6) is 1.04. The predicted octanol–water partition coefficient (Wildman–Crippen LogP) is 3.30. The van der Waals surface area contributed by atoms with E-state index in [1.807, 2.05) is 37.9 Å². The first-order valence-electron chi connectivity index (χ1n) is 10.9. The van der Waals surface area contributed by atoms with Crippen molar-refractivity contribution in [3.05, 3.63) is 22.8 Å². The third-order valence-corrected chi connectivity index (χ3v) is 6.32. The van der Waals surface area contributed by atoms with Crippen molar-refractivity contribution in [3.8, 4) is 0 Å². The zero-order valence-corrected chi connectivity index (χ0v) is 20.6. The van der Waals surface area contributed by atoms with Crippen molar-refractivity contribution < 1.29 is 9.53 Å². The predicted molar refractivity (Wildman–Crippen MR) is 124 cm³/mol. The molecule has 1 amide bonds. The summed E-state index contributed by atoms with van der Waals surface area (Å²) in [6.07, 6.45) is 1.67. The van der Waals surface area contributed by atoms with E-state index in [1.54, 1.807) is 0 Å². The lowest BCUT2D eigenvalue weighted by molar-refractivity contribution is 0.0128. The average Bonchev–Trinajstić information content (AvgIpc) is 2.66. The third-order valence-electron chi connectivity index (χ3n) is 5.83. The van der Waals surface area contributed by atoms with E-state index < -0.39 is 5.60 Å². The minimum Gasteiger partial charge on any atom is -0.444 e. The molecular weight excluding hydrogens is 446 g/mol. The summed E-state index contributed by atoms with van der Waals surface area (Å²) in [6, 6.07) is 5.00. The summed E-state index contributed by atoms with van der Waals surface area (Å²) in [7, 11) is 0. The summed E-state index contributed by atoms with van der Waals surface area (Å²) in [4.78, 5) is 26.1. The van der Waals surface area contributed by atoms with Crippen molar-refractivity contribution in [2.24, 2.45) is 0 Å². The van der Waals surface area contributed by atoms with Crippen LogP contribution in [0.4, 0.5) is 10.6 Å². The van der Waals surface area contributed by atoms with Crippen LogP contribution in [0.15, 0.2) is 22.8 Å². The van der Waals surface area contributed by atoms with Crippen molar-refractivity contribution in [1.29, 1.82) is 0 Å². The van der Waals surface area contributed by atoms with Crippen molar-refractivity contribution in [2.75, 3.05) is 57.3 Å². The van der Waals surface area contributed by atoms with Gasteiger partial charge in [0.1, 0.15) is 11.4 Å². The van der Waals surface area contributed by atoms with Gasteiger partial charge < -0.3 is 14.5 Å². The highest BCUT2D eigenvalue weighted by molar-refractivity contribution is 9.10. The molecule has 2 aliphatic heterocycles. The molecule has 1 aromatic heterocycles. The number of hydrogen-bond donors (Lipinski definition) is 0. The van der Waals surface area contributed by atoms with Gasteiger partial charge in [-0.25, -0.2) is 9.78 Å². The van der Waals surface area contributed by atoms with Gasteiger partial charge in [-0.2, -0.15) is 0 Å². The second-order valence-electron chi connectivity index (χ2n) is 9.48. The third kappa shape index (κ3) is 6.31. The number of pyridine rings is 1. The van der Waals surface area contributed by atoms with Gasteiger partial charge in [-0.15, -0.1) is 0 Å². The van der Waals surface area contributed by atoms with Gasteiger partial charge in [-0.05, 0) is 46.8 Å². The molecule has 0 spiro atoms. The molecule has 2 unspecified atom stereocenters. The first kappa shape index (κ1) is 23.3. The number of ether oxygens (including phenoxy) is 1. The van der Waals surface area contributed by atoms with Gasteiger partial charge in [0.25, 0.3) is 0 Å². The molecule has 0 radical (unpaired) electrons. The largest absolute Gasteiger partial charge is 0.444 e. The van der Waals surface area contributed by atoms with Crippen LogP contribution < -0.4 is 4.90 Å². The zero-order valence-electron chi connectivity index (χ0n) is 19.0. The van der Waals surface area contributed by atoms with E-state index in [2.05, 4.69) is 55.5 Å². The molecule has 0 saturated carbocycles. The molecule has 2 fully saturated rings. The molecule has 3 heterocycles. The Morgan fingerprint density at radius 3 is 2.33 bits per heavy atom. The number of aromatic nitrogens is 1. The van der Waals surface area contributed by atoms with Crippen LogP contribution >= 0.6 is 15.9 Å². The van der Waals surface area contributed by atoms with Gasteiger partial charge in [-0.1, -0.05) is 15.9 Å². The second kappa shape index (κ2) is 9.83. The molecule has 2 atom stereocenters. The van der Waals surface area contributed by atoms with Crippen LogP contribution in [0.5, 0.6) is 0 Å². The molecule has 2 aliphatic rings. The lowest BCUT2D eigenvalue weighted by Gasteiger charge is -2.46. The highest BCUT2D eigenvalue weighted by Gasteiger charge is 2.31. The van der Waals surface area contributed by atoms with Gasteiger partial charge in [-0.3, -0.25) is 9.80 Å². The molecule has 0 aliphatic carbocycles. The average molecular weight is 482 g/mol. The minimum absolute atomic E-state index is 0.193. The maximum absolute atomic E-state index is 12.2. The normalized spacial score (nSPS) is 24.2. The van der Waals surface area contributed by atoms with E-state index in [4.69, 9.17) is 4.74 Å². The molecule has 1 aromatic rings. The lowest BCUT2D eigenvalue weighted by Crippen LogP contribution is -2.59. The van der Waals surface area contributed by atoms with Gasteiger partial charge in [0.05, 0.1) is 0 Å². The summed E-state index contributed by atoms with van der Waals surface area (Å²) in [5, 5.41) is 0. The number of hydrogen-bond acceptors (Lipinski definition) is 6. The Morgan fingerprint density at radius 1 is 1.13 bits per heavy atom. The van der Waals surface area contributed by atoms with Gasteiger partial charge in [0.2, 0.25) is 0 Å². The number of carbonyl (C=O) groups excluding carboxylic acids is 1. The molecule has 168 valence electrons. The zero-order chi connectivity index (χ0) is 21.9. The molecule has 3 rings (SSSR count). The molecule has 0 N–H and O–H groups in total. The van der Waals surface area contributed by atoms with Crippen molar-refractivity contribution in [3.63, 3.8) is 0 Å². The Morgan fingerprint density at radius 2 is 1.77 bits per heavy atom. The Bertz CT molecular complexity index is 706. The molecule has 0 aromatic carbocycles. The molecule has 2 saturated heterocycles. The number of nitrogens with zero attached hydrogens (tertiary/aromatic N) is 5. The topological polar surface area (TPSA) is 52.2 Å². The van der Waals surface area contributed by atoms with E-state index >= 15 is 0 Å². The molecular formula is C22H36BrN5O2. The van der Waals surface area contributed by atoms with E-state index in [9.17, 15) is 4.79 Å². The summed E-state index contributed by atoms with van der Waals surface area (Å²) in [5.41, 5.74) is -0.437.